The number of halogens is 4. The van der Waals surface area contributed by atoms with Crippen LogP contribution < -0.4 is 4.90 Å². The van der Waals surface area contributed by atoms with E-state index in [4.69, 9.17) is 11.6 Å². The summed E-state index contributed by atoms with van der Waals surface area (Å²) in [5, 5.41) is 19.2. The summed E-state index contributed by atoms with van der Waals surface area (Å²) in [6, 6.07) is 1.09. The van der Waals surface area contributed by atoms with Crippen LogP contribution in [0, 0.1) is 10.1 Å². The molecule has 0 radical (unpaired) electrons. The van der Waals surface area contributed by atoms with E-state index in [1.165, 1.54) is 0 Å². The Morgan fingerprint density at radius 3 is 2.52 bits per heavy atom. The quantitative estimate of drug-likeness (QED) is 0.554. The third-order valence-corrected chi connectivity index (χ3v) is 4.92. The molecule has 1 atom stereocenters. The monoisotopic (exact) mass is 403 g/mol. The molecule has 0 aliphatic carbocycles. The van der Waals surface area contributed by atoms with Crippen molar-refractivity contribution in [1.82, 2.24) is 14.8 Å². The summed E-state index contributed by atoms with van der Waals surface area (Å²) in [5.41, 5.74) is -1.84. The van der Waals surface area contributed by atoms with Gasteiger partial charge in [0, 0.05) is 25.1 Å². The minimum absolute atomic E-state index is 0.0332. The zero-order valence-corrected chi connectivity index (χ0v) is 15.5. The molecular weight excluding hydrogens is 387 g/mol. The summed E-state index contributed by atoms with van der Waals surface area (Å²) < 4.78 is 41.2. The van der Waals surface area contributed by atoms with Gasteiger partial charge in [-0.05, 0) is 13.0 Å². The van der Waals surface area contributed by atoms with E-state index < -0.39 is 33.4 Å². The Kier molecular flexibility index (Phi) is 4.79. The van der Waals surface area contributed by atoms with Gasteiger partial charge < -0.3 is 9.47 Å². The molecule has 0 saturated carbocycles. The van der Waals surface area contributed by atoms with E-state index in [1.807, 2.05) is 18.4 Å². The van der Waals surface area contributed by atoms with Crippen molar-refractivity contribution in [3.63, 3.8) is 0 Å². The van der Waals surface area contributed by atoms with Crippen molar-refractivity contribution in [2.45, 2.75) is 45.5 Å². The number of rotatable bonds is 3. The molecule has 1 aromatic heterocycles. The lowest BCUT2D eigenvalue weighted by Crippen LogP contribution is -2.38. The van der Waals surface area contributed by atoms with Crippen LogP contribution in [0.2, 0.25) is 5.02 Å². The maximum atomic E-state index is 13.1. The van der Waals surface area contributed by atoms with E-state index in [-0.39, 0.29) is 11.6 Å². The van der Waals surface area contributed by atoms with Crippen LogP contribution in [0.25, 0.3) is 0 Å². The highest BCUT2D eigenvalue weighted by Gasteiger charge is 2.38. The number of alkyl halides is 3. The highest BCUT2D eigenvalue weighted by atomic mass is 35.5. The van der Waals surface area contributed by atoms with Crippen LogP contribution in [0.1, 0.15) is 49.9 Å². The molecular formula is C16H17ClF3N5O2. The van der Waals surface area contributed by atoms with Gasteiger partial charge in [-0.15, -0.1) is 10.2 Å². The summed E-state index contributed by atoms with van der Waals surface area (Å²) in [6.07, 6.45) is -4.78. The number of nitro groups is 1. The lowest BCUT2D eigenvalue weighted by Gasteiger charge is -2.35. The molecule has 1 unspecified atom stereocenters. The Labute approximate surface area is 157 Å². The third kappa shape index (κ3) is 3.33. The Morgan fingerprint density at radius 1 is 1.30 bits per heavy atom. The van der Waals surface area contributed by atoms with Gasteiger partial charge in [-0.25, -0.2) is 0 Å². The van der Waals surface area contributed by atoms with Crippen molar-refractivity contribution in [2.24, 2.45) is 0 Å². The normalized spacial score (nSPS) is 17.3. The van der Waals surface area contributed by atoms with Gasteiger partial charge in [0.25, 0.3) is 5.69 Å². The van der Waals surface area contributed by atoms with Crippen LogP contribution in [0.5, 0.6) is 0 Å². The molecule has 146 valence electrons. The lowest BCUT2D eigenvalue weighted by atomic mass is 10.1. The molecule has 0 bridgehead atoms. The van der Waals surface area contributed by atoms with Crippen LogP contribution >= 0.6 is 11.6 Å². The highest BCUT2D eigenvalue weighted by molar-refractivity contribution is 6.31. The van der Waals surface area contributed by atoms with E-state index in [0.717, 1.165) is 11.9 Å². The fourth-order valence-corrected chi connectivity index (χ4v) is 3.57. The van der Waals surface area contributed by atoms with Gasteiger partial charge in [0.05, 0.1) is 21.6 Å². The average Bonchev–Trinajstić information content (AvgIpc) is 2.98. The lowest BCUT2D eigenvalue weighted by molar-refractivity contribution is -0.384. The summed E-state index contributed by atoms with van der Waals surface area (Å²) in [6.45, 7) is 6.56. The summed E-state index contributed by atoms with van der Waals surface area (Å²) in [4.78, 5) is 12.2. The molecule has 2 aromatic rings. The molecule has 1 aromatic carbocycles. The average molecular weight is 404 g/mol. The Hall–Kier alpha value is -2.36. The van der Waals surface area contributed by atoms with Crippen molar-refractivity contribution >= 4 is 23.0 Å². The molecule has 0 spiro atoms. The van der Waals surface area contributed by atoms with Crippen LogP contribution in [0.4, 0.5) is 24.5 Å². The van der Waals surface area contributed by atoms with E-state index in [2.05, 4.69) is 10.2 Å². The van der Waals surface area contributed by atoms with E-state index in [0.29, 0.717) is 25.0 Å². The van der Waals surface area contributed by atoms with Gasteiger partial charge in [-0.3, -0.25) is 10.1 Å². The number of aromatic nitrogens is 3. The molecule has 0 fully saturated rings. The molecule has 27 heavy (non-hydrogen) atoms. The molecule has 3 rings (SSSR count). The van der Waals surface area contributed by atoms with E-state index in [9.17, 15) is 23.3 Å². The van der Waals surface area contributed by atoms with Gasteiger partial charge in [0.2, 0.25) is 0 Å². The van der Waals surface area contributed by atoms with Gasteiger partial charge in [-0.2, -0.15) is 13.2 Å². The SMILES string of the molecule is CC(C)c1nnc2n1CCN(c1cc(Cl)c(C(F)(F)F)cc1[N+](=O)[O-])C2C. The third-order valence-electron chi connectivity index (χ3n) is 4.61. The second-order valence-electron chi connectivity index (χ2n) is 6.67. The first-order chi connectivity index (χ1) is 12.5. The first-order valence-electron chi connectivity index (χ1n) is 8.27. The maximum absolute atomic E-state index is 13.1. The Balaban J connectivity index is 2.08. The molecule has 0 amide bonds. The van der Waals surface area contributed by atoms with Crippen LogP contribution in [0.15, 0.2) is 12.1 Å². The largest absolute Gasteiger partial charge is 0.418 e. The standard InChI is InChI=1S/C16H17ClF3N5O2/c1-8(2)14-21-22-15-9(3)23(4-5-24(14)15)12-7-11(17)10(16(18,19)20)6-13(12)25(26)27/h6-9H,4-5H2,1-3H3. The van der Waals surface area contributed by atoms with Crippen LogP contribution in [-0.4, -0.2) is 26.2 Å². The second-order valence-corrected chi connectivity index (χ2v) is 7.07. The van der Waals surface area contributed by atoms with Gasteiger partial charge in [0.15, 0.2) is 5.82 Å². The molecule has 7 nitrogen and oxygen atoms in total. The van der Waals surface area contributed by atoms with E-state index >= 15 is 0 Å². The number of anilines is 1. The minimum Gasteiger partial charge on any atom is -0.354 e. The Morgan fingerprint density at radius 2 is 1.96 bits per heavy atom. The summed E-state index contributed by atoms with van der Waals surface area (Å²) >= 11 is 5.80. The first-order valence-corrected chi connectivity index (χ1v) is 8.65. The zero-order chi connectivity index (χ0) is 20.1. The first kappa shape index (κ1) is 19.4. The van der Waals surface area contributed by atoms with Crippen LogP contribution in [-0.2, 0) is 12.7 Å². The predicted octanol–water partition coefficient (Wildman–Crippen LogP) is 4.56. The van der Waals surface area contributed by atoms with Gasteiger partial charge in [0.1, 0.15) is 11.5 Å². The topological polar surface area (TPSA) is 77.1 Å². The highest BCUT2D eigenvalue weighted by Crippen LogP contribution is 2.43. The second kappa shape index (κ2) is 6.66. The molecule has 1 aliphatic rings. The predicted molar refractivity (Wildman–Crippen MR) is 93.0 cm³/mol. The molecule has 1 aliphatic heterocycles. The van der Waals surface area contributed by atoms with Crippen LogP contribution in [0.3, 0.4) is 0 Å². The number of hydrogen-bond acceptors (Lipinski definition) is 5. The molecule has 2 heterocycles. The maximum Gasteiger partial charge on any atom is 0.418 e. The number of fused-ring (bicyclic) bond motifs is 1. The Bertz CT molecular complexity index is 897. The summed E-state index contributed by atoms with van der Waals surface area (Å²) in [7, 11) is 0. The number of nitrogens with zero attached hydrogens (tertiary/aromatic N) is 5. The molecule has 0 N–H and O–H groups in total. The molecule has 11 heteroatoms. The fraction of sp³-hybridized carbons (Fsp3) is 0.500. The van der Waals surface area contributed by atoms with E-state index in [1.54, 1.807) is 11.8 Å². The minimum atomic E-state index is -4.78. The zero-order valence-electron chi connectivity index (χ0n) is 14.8. The number of hydrogen-bond donors (Lipinski definition) is 0. The van der Waals surface area contributed by atoms with Gasteiger partial charge in [-0.1, -0.05) is 25.4 Å². The molecule has 0 saturated heterocycles. The number of benzene rings is 1. The van der Waals surface area contributed by atoms with Crippen molar-refractivity contribution in [2.75, 3.05) is 11.4 Å². The smallest absolute Gasteiger partial charge is 0.354 e. The van der Waals surface area contributed by atoms with Crippen molar-refractivity contribution in [3.8, 4) is 0 Å². The van der Waals surface area contributed by atoms with Crippen molar-refractivity contribution in [3.05, 3.63) is 44.5 Å². The number of nitro benzene ring substituents is 1. The van der Waals surface area contributed by atoms with Gasteiger partial charge >= 0.3 is 6.18 Å². The van der Waals surface area contributed by atoms with Crippen molar-refractivity contribution < 1.29 is 18.1 Å². The summed E-state index contributed by atoms with van der Waals surface area (Å²) in [5.74, 6) is 1.56. The van der Waals surface area contributed by atoms with Crippen molar-refractivity contribution in [1.29, 1.82) is 0 Å². The fourth-order valence-electron chi connectivity index (χ4n) is 3.31.